The van der Waals surface area contributed by atoms with E-state index < -0.39 is 17.7 Å². The van der Waals surface area contributed by atoms with Gasteiger partial charge in [0.1, 0.15) is 5.76 Å². The molecule has 0 spiro atoms. The van der Waals surface area contributed by atoms with E-state index in [9.17, 15) is 14.7 Å². The molecule has 4 rings (SSSR count). The van der Waals surface area contributed by atoms with Crippen molar-refractivity contribution in [3.63, 3.8) is 0 Å². The normalized spacial score (nSPS) is 18.6. The van der Waals surface area contributed by atoms with Gasteiger partial charge < -0.3 is 5.11 Å². The summed E-state index contributed by atoms with van der Waals surface area (Å²) in [5.74, 6) is -1.79. The minimum atomic E-state index is -0.820. The Hall–Kier alpha value is -2.67. The average Bonchev–Trinajstić information content (AvgIpc) is 3.30. The van der Waals surface area contributed by atoms with Crippen molar-refractivity contribution in [3.8, 4) is 0 Å². The predicted molar refractivity (Wildman–Crippen MR) is 110 cm³/mol. The molecule has 1 fully saturated rings. The number of hydrogen-bond donors (Lipinski definition) is 1. The third-order valence-electron chi connectivity index (χ3n) is 4.37. The van der Waals surface area contributed by atoms with Crippen LogP contribution in [0.4, 0.5) is 5.13 Å². The highest BCUT2D eigenvalue weighted by Crippen LogP contribution is 2.42. The number of nitrogens with zero attached hydrogens (tertiary/aromatic N) is 2. The van der Waals surface area contributed by atoms with Gasteiger partial charge in [-0.15, -0.1) is 11.3 Å². The Morgan fingerprint density at radius 3 is 2.18 bits per heavy atom. The third kappa shape index (κ3) is 3.20. The topological polar surface area (TPSA) is 70.5 Å². The molecule has 1 aromatic heterocycles. The molecule has 1 amide bonds. The van der Waals surface area contributed by atoms with E-state index in [0.29, 0.717) is 26.3 Å². The van der Waals surface area contributed by atoms with Crippen LogP contribution in [0.2, 0.25) is 10.0 Å². The first-order chi connectivity index (χ1) is 13.5. The maximum atomic E-state index is 12.9. The van der Waals surface area contributed by atoms with Crippen LogP contribution in [-0.4, -0.2) is 21.8 Å². The number of Topliss-reactive ketones (excluding diaryl/α,β-unsaturated/α-hetero) is 1. The summed E-state index contributed by atoms with van der Waals surface area (Å²) in [6.07, 6.45) is 1.55. The number of aromatic nitrogens is 1. The van der Waals surface area contributed by atoms with E-state index >= 15 is 0 Å². The van der Waals surface area contributed by atoms with Gasteiger partial charge in [0.25, 0.3) is 5.78 Å². The molecule has 2 aromatic carbocycles. The molecule has 0 saturated carbocycles. The van der Waals surface area contributed by atoms with Crippen LogP contribution in [-0.2, 0) is 9.59 Å². The number of thiazole rings is 1. The highest BCUT2D eigenvalue weighted by atomic mass is 35.5. The molecule has 28 heavy (non-hydrogen) atoms. The molecule has 1 atom stereocenters. The van der Waals surface area contributed by atoms with E-state index in [1.165, 1.54) is 16.2 Å². The molecule has 1 saturated heterocycles. The second-order valence-corrected chi connectivity index (χ2v) is 7.79. The van der Waals surface area contributed by atoms with E-state index in [-0.39, 0.29) is 11.3 Å². The first kappa shape index (κ1) is 18.7. The van der Waals surface area contributed by atoms with Crippen LogP contribution in [0.15, 0.2) is 65.7 Å². The fourth-order valence-electron chi connectivity index (χ4n) is 3.09. The van der Waals surface area contributed by atoms with Crippen LogP contribution in [0.1, 0.15) is 17.2 Å². The SMILES string of the molecule is O=C1C(=O)N(c2nccs2)[C@H](c2ccc(Cl)cc2)C1=C(O)c1ccc(Cl)cc1. The molecule has 8 heteroatoms. The van der Waals surface area contributed by atoms with Crippen molar-refractivity contribution in [3.05, 3.63) is 86.9 Å². The summed E-state index contributed by atoms with van der Waals surface area (Å²) < 4.78 is 0. The van der Waals surface area contributed by atoms with Gasteiger partial charge in [-0.1, -0.05) is 35.3 Å². The molecule has 140 valence electrons. The molecule has 2 heterocycles. The Balaban J connectivity index is 1.93. The molecule has 0 unspecified atom stereocenters. The van der Waals surface area contributed by atoms with Gasteiger partial charge in [0.2, 0.25) is 0 Å². The van der Waals surface area contributed by atoms with Crippen LogP contribution in [0.3, 0.4) is 0 Å². The summed E-state index contributed by atoms with van der Waals surface area (Å²) >= 11 is 13.1. The molecule has 0 aliphatic carbocycles. The molecule has 0 bridgehead atoms. The number of anilines is 1. The highest BCUT2D eigenvalue weighted by molar-refractivity contribution is 7.14. The van der Waals surface area contributed by atoms with Crippen LogP contribution >= 0.6 is 34.5 Å². The van der Waals surface area contributed by atoms with Gasteiger partial charge in [0, 0.05) is 27.2 Å². The van der Waals surface area contributed by atoms with E-state index in [0.717, 1.165) is 0 Å². The fraction of sp³-hybridized carbons (Fsp3) is 0.0500. The van der Waals surface area contributed by atoms with Crippen molar-refractivity contribution in [2.24, 2.45) is 0 Å². The zero-order chi connectivity index (χ0) is 19.8. The van der Waals surface area contributed by atoms with Crippen LogP contribution in [0, 0.1) is 0 Å². The molecular weight excluding hydrogens is 419 g/mol. The molecule has 1 aliphatic rings. The Labute approximate surface area is 174 Å². The first-order valence-electron chi connectivity index (χ1n) is 8.19. The van der Waals surface area contributed by atoms with Gasteiger partial charge in [-0.25, -0.2) is 4.98 Å². The Bertz CT molecular complexity index is 1080. The van der Waals surface area contributed by atoms with Gasteiger partial charge >= 0.3 is 5.91 Å². The monoisotopic (exact) mass is 430 g/mol. The van der Waals surface area contributed by atoms with Gasteiger partial charge in [-0.05, 0) is 42.0 Å². The standard InChI is InChI=1S/C20H12Cl2N2O3S/c21-13-5-1-11(2-6-13)16-15(17(25)12-3-7-14(22)8-4-12)18(26)19(27)24(16)20-23-9-10-28-20/h1-10,16,25H/t16-/m1/s1. The number of carbonyl (C=O) groups excluding carboxylic acids is 2. The second kappa shape index (κ2) is 7.39. The number of rotatable bonds is 3. The van der Waals surface area contributed by atoms with Gasteiger partial charge in [-0.2, -0.15) is 0 Å². The lowest BCUT2D eigenvalue weighted by molar-refractivity contribution is -0.132. The number of ketones is 1. The summed E-state index contributed by atoms with van der Waals surface area (Å²) in [5, 5.41) is 14.0. The minimum absolute atomic E-state index is 0.00940. The number of amides is 1. The Kier molecular flexibility index (Phi) is 4.93. The number of aliphatic hydroxyl groups excluding tert-OH is 1. The average molecular weight is 431 g/mol. The number of carbonyl (C=O) groups is 2. The zero-order valence-electron chi connectivity index (χ0n) is 14.2. The van der Waals surface area contributed by atoms with Gasteiger partial charge in [0.05, 0.1) is 11.6 Å². The van der Waals surface area contributed by atoms with Crippen LogP contribution < -0.4 is 4.90 Å². The quantitative estimate of drug-likeness (QED) is 0.357. The van der Waals surface area contributed by atoms with Crippen molar-refractivity contribution in [2.45, 2.75) is 6.04 Å². The van der Waals surface area contributed by atoms with E-state index in [4.69, 9.17) is 23.2 Å². The summed E-state index contributed by atoms with van der Waals surface area (Å²) in [5.41, 5.74) is 1.01. The third-order valence-corrected chi connectivity index (χ3v) is 5.65. The van der Waals surface area contributed by atoms with E-state index in [1.807, 2.05) is 0 Å². The van der Waals surface area contributed by atoms with Crippen LogP contribution in [0.5, 0.6) is 0 Å². The summed E-state index contributed by atoms with van der Waals surface area (Å²) in [7, 11) is 0. The lowest BCUT2D eigenvalue weighted by Crippen LogP contribution is -2.29. The number of aliphatic hydroxyl groups is 1. The van der Waals surface area contributed by atoms with Crippen molar-refractivity contribution in [1.29, 1.82) is 0 Å². The molecular formula is C20H12Cl2N2O3S. The second-order valence-electron chi connectivity index (χ2n) is 6.04. The predicted octanol–water partition coefficient (Wildman–Crippen LogP) is 5.08. The van der Waals surface area contributed by atoms with Crippen molar-refractivity contribution >= 4 is 57.1 Å². The highest BCUT2D eigenvalue weighted by Gasteiger charge is 2.47. The maximum Gasteiger partial charge on any atom is 0.301 e. The first-order valence-corrected chi connectivity index (χ1v) is 9.83. The smallest absolute Gasteiger partial charge is 0.301 e. The molecule has 1 N–H and O–H groups in total. The molecule has 0 radical (unpaired) electrons. The molecule has 3 aromatic rings. The number of hydrogen-bond acceptors (Lipinski definition) is 5. The van der Waals surface area contributed by atoms with Gasteiger partial charge in [0.15, 0.2) is 5.13 Å². The van der Waals surface area contributed by atoms with Crippen molar-refractivity contribution in [2.75, 3.05) is 4.90 Å². The largest absolute Gasteiger partial charge is 0.507 e. The van der Waals surface area contributed by atoms with Gasteiger partial charge in [-0.3, -0.25) is 14.5 Å². The van der Waals surface area contributed by atoms with Crippen LogP contribution in [0.25, 0.3) is 5.76 Å². The lowest BCUT2D eigenvalue weighted by Gasteiger charge is -2.23. The van der Waals surface area contributed by atoms with Crippen molar-refractivity contribution in [1.82, 2.24) is 4.98 Å². The number of halogens is 2. The summed E-state index contributed by atoms with van der Waals surface area (Å²) in [6.45, 7) is 0. The zero-order valence-corrected chi connectivity index (χ0v) is 16.5. The lowest BCUT2D eigenvalue weighted by atomic mass is 9.95. The fourth-order valence-corrected chi connectivity index (χ4v) is 4.01. The van der Waals surface area contributed by atoms with Crippen molar-refractivity contribution < 1.29 is 14.7 Å². The Morgan fingerprint density at radius 1 is 1.00 bits per heavy atom. The Morgan fingerprint density at radius 2 is 1.61 bits per heavy atom. The number of benzene rings is 2. The minimum Gasteiger partial charge on any atom is -0.507 e. The van der Waals surface area contributed by atoms with E-state index in [2.05, 4.69) is 4.98 Å². The maximum absolute atomic E-state index is 12.9. The summed E-state index contributed by atoms with van der Waals surface area (Å²) in [4.78, 5) is 31.1. The van der Waals surface area contributed by atoms with E-state index in [1.54, 1.807) is 60.1 Å². The molecule has 5 nitrogen and oxygen atoms in total. The molecule has 1 aliphatic heterocycles. The summed E-state index contributed by atoms with van der Waals surface area (Å²) in [6, 6.07) is 12.3.